The van der Waals surface area contributed by atoms with Crippen molar-refractivity contribution in [1.29, 1.82) is 0 Å². The predicted octanol–water partition coefficient (Wildman–Crippen LogP) is 4.30. The first-order chi connectivity index (χ1) is 22.7. The zero-order valence-corrected chi connectivity index (χ0v) is 28.8. The molecule has 0 saturated carbocycles. The molecule has 4 heterocycles. The van der Waals surface area contributed by atoms with Gasteiger partial charge in [0, 0.05) is 40.5 Å². The number of anilines is 1. The molecule has 0 bridgehead atoms. The second kappa shape index (κ2) is 16.0. The average molecular weight is 665 g/mol. The van der Waals surface area contributed by atoms with Gasteiger partial charge < -0.3 is 29.5 Å². The molecule has 3 amide bonds. The fraction of sp³-hybridized carbons (Fsp3) is 0.559. The van der Waals surface area contributed by atoms with E-state index in [9.17, 15) is 24.3 Å². The molecule has 0 radical (unpaired) electrons. The number of carbonyl (C=O) groups is 3. The Hall–Kier alpha value is -4.59. The molecule has 0 spiro atoms. The van der Waals surface area contributed by atoms with Crippen LogP contribution in [0, 0.1) is 11.3 Å². The van der Waals surface area contributed by atoms with Gasteiger partial charge in [-0.05, 0) is 68.6 Å². The van der Waals surface area contributed by atoms with E-state index >= 15 is 0 Å². The molecule has 2 atom stereocenters. The van der Waals surface area contributed by atoms with Gasteiger partial charge in [0.1, 0.15) is 29.6 Å². The van der Waals surface area contributed by atoms with E-state index in [0.29, 0.717) is 30.0 Å². The van der Waals surface area contributed by atoms with Crippen molar-refractivity contribution in [3.05, 3.63) is 58.7 Å². The molecule has 1 fully saturated rings. The van der Waals surface area contributed by atoms with Crippen LogP contribution in [0.2, 0.25) is 0 Å². The number of allylic oxidation sites excluding steroid dienone is 1. The van der Waals surface area contributed by atoms with E-state index in [1.807, 2.05) is 4.57 Å². The fourth-order valence-corrected chi connectivity index (χ4v) is 5.51. The van der Waals surface area contributed by atoms with Gasteiger partial charge in [-0.25, -0.2) is 19.7 Å². The van der Waals surface area contributed by atoms with Gasteiger partial charge in [0.05, 0.1) is 18.2 Å². The molecular formula is C34H48N8O6. The van der Waals surface area contributed by atoms with Crippen LogP contribution in [0.15, 0.2) is 41.6 Å². The van der Waals surface area contributed by atoms with Crippen LogP contribution in [0.5, 0.6) is 0 Å². The van der Waals surface area contributed by atoms with Crippen LogP contribution in [0.3, 0.4) is 0 Å². The third-order valence-electron chi connectivity index (χ3n) is 8.35. The van der Waals surface area contributed by atoms with Crippen LogP contribution < -0.4 is 10.9 Å². The lowest BCUT2D eigenvalue weighted by Gasteiger charge is -2.25. The predicted molar refractivity (Wildman–Crippen MR) is 182 cm³/mol. The number of nitrogens with one attached hydrogen (secondary N) is 1. The minimum atomic E-state index is -1.18. The van der Waals surface area contributed by atoms with Crippen LogP contribution in [-0.4, -0.2) is 91.2 Å². The van der Waals surface area contributed by atoms with Crippen molar-refractivity contribution in [2.24, 2.45) is 11.3 Å². The van der Waals surface area contributed by atoms with Crippen LogP contribution in [-0.2, 0) is 27.3 Å². The van der Waals surface area contributed by atoms with Gasteiger partial charge in [0.25, 0.3) is 5.56 Å². The lowest BCUT2D eigenvalue weighted by Crippen LogP contribution is -2.37. The summed E-state index contributed by atoms with van der Waals surface area (Å²) in [5.74, 6) is -0.858. The molecule has 0 aliphatic carbocycles. The third kappa shape index (κ3) is 9.49. The maximum atomic E-state index is 13.7. The molecule has 14 nitrogen and oxygen atoms in total. The van der Waals surface area contributed by atoms with Gasteiger partial charge in [-0.1, -0.05) is 26.8 Å². The highest BCUT2D eigenvalue weighted by atomic mass is 16.5. The molecule has 3 aromatic heterocycles. The highest BCUT2D eigenvalue weighted by molar-refractivity contribution is 5.92. The van der Waals surface area contributed by atoms with E-state index < -0.39 is 23.5 Å². The molecule has 14 heteroatoms. The van der Waals surface area contributed by atoms with E-state index in [1.54, 1.807) is 38.8 Å². The fourth-order valence-electron chi connectivity index (χ4n) is 5.51. The van der Waals surface area contributed by atoms with Crippen molar-refractivity contribution in [2.45, 2.75) is 78.5 Å². The Morgan fingerprint density at radius 1 is 1.19 bits per heavy atom. The standard InChI is InChI=1S/C34H48N8O6/c1-34(2,3)17-16-24-29-30(36-22-35-24)42(28-15-9-10-19-48-28)26(38-29)21-41-18-11-13-25(32(41)45)37-31(44)23(20-40(6)33(46)47)12-7-8-14-27(43)39(4)5/h8,11,13-14,18,22-23,28H,7,9-10,12,15-17,19-21H2,1-6H3,(H,37,44)(H,46,47)/b14-8+/t23-,28?/m0/s1. The molecule has 4 rings (SSSR count). The lowest BCUT2D eigenvalue weighted by atomic mass is 9.90. The van der Waals surface area contributed by atoms with Crippen LogP contribution in [0.25, 0.3) is 11.2 Å². The van der Waals surface area contributed by atoms with Gasteiger partial charge in [-0.3, -0.25) is 19.0 Å². The molecule has 1 aliphatic rings. The minimum absolute atomic E-state index is 0.0611. The van der Waals surface area contributed by atoms with Crippen molar-refractivity contribution < 1.29 is 24.2 Å². The Kier molecular flexibility index (Phi) is 12.1. The Morgan fingerprint density at radius 3 is 2.62 bits per heavy atom. The number of aryl methyl sites for hydroxylation is 1. The monoisotopic (exact) mass is 664 g/mol. The van der Waals surface area contributed by atoms with Crippen molar-refractivity contribution in [2.75, 3.05) is 39.6 Å². The summed E-state index contributed by atoms with van der Waals surface area (Å²) in [6, 6.07) is 3.19. The normalized spacial score (nSPS) is 15.8. The van der Waals surface area contributed by atoms with Crippen molar-refractivity contribution >= 4 is 34.8 Å². The molecule has 1 unspecified atom stereocenters. The molecule has 1 aliphatic heterocycles. The Labute approximate surface area is 280 Å². The third-order valence-corrected chi connectivity index (χ3v) is 8.35. The maximum absolute atomic E-state index is 13.7. The summed E-state index contributed by atoms with van der Waals surface area (Å²) in [6.07, 6.45) is 9.83. The first kappa shape index (κ1) is 36.2. The lowest BCUT2D eigenvalue weighted by molar-refractivity contribution is -0.123. The number of fused-ring (bicyclic) bond motifs is 1. The number of carboxylic acid groups (broad SMARTS) is 1. The first-order valence-corrected chi connectivity index (χ1v) is 16.4. The Morgan fingerprint density at radius 2 is 1.96 bits per heavy atom. The van der Waals surface area contributed by atoms with E-state index in [1.165, 1.54) is 28.7 Å². The number of pyridine rings is 1. The number of hydrogen-bond donors (Lipinski definition) is 2. The van der Waals surface area contributed by atoms with Crippen LogP contribution in [0.4, 0.5) is 10.5 Å². The van der Waals surface area contributed by atoms with Crippen molar-refractivity contribution in [3.63, 3.8) is 0 Å². The average Bonchev–Trinajstić information content (AvgIpc) is 3.41. The van der Waals surface area contributed by atoms with E-state index in [0.717, 1.165) is 42.7 Å². The van der Waals surface area contributed by atoms with Crippen molar-refractivity contribution in [1.82, 2.24) is 33.9 Å². The number of rotatable bonds is 13. The van der Waals surface area contributed by atoms with E-state index in [-0.39, 0.29) is 42.7 Å². The largest absolute Gasteiger partial charge is 0.465 e. The topological polar surface area (TPSA) is 165 Å². The summed E-state index contributed by atoms with van der Waals surface area (Å²) in [7, 11) is 4.65. The molecule has 1 saturated heterocycles. The number of ether oxygens (including phenoxy) is 1. The number of amides is 3. The number of likely N-dealkylation sites (N-methyl/N-ethyl adjacent to an activating group) is 1. The summed E-state index contributed by atoms with van der Waals surface area (Å²) < 4.78 is 9.61. The number of carbonyl (C=O) groups excluding carboxylic acids is 2. The maximum Gasteiger partial charge on any atom is 0.407 e. The second-order valence-corrected chi connectivity index (χ2v) is 13.7. The molecule has 0 aromatic carbocycles. The number of imidazole rings is 1. The van der Waals surface area contributed by atoms with Crippen LogP contribution in [0.1, 0.15) is 77.0 Å². The minimum Gasteiger partial charge on any atom is -0.465 e. The first-order valence-electron chi connectivity index (χ1n) is 16.4. The van der Waals surface area contributed by atoms with Gasteiger partial charge in [-0.15, -0.1) is 0 Å². The summed E-state index contributed by atoms with van der Waals surface area (Å²) in [5, 5.41) is 12.2. The summed E-state index contributed by atoms with van der Waals surface area (Å²) in [4.78, 5) is 67.2. The summed E-state index contributed by atoms with van der Waals surface area (Å²) in [6.45, 7) is 7.19. The van der Waals surface area contributed by atoms with Crippen LogP contribution >= 0.6 is 0 Å². The highest BCUT2D eigenvalue weighted by Gasteiger charge is 2.26. The van der Waals surface area contributed by atoms with E-state index in [2.05, 4.69) is 36.1 Å². The number of aromatic nitrogens is 5. The van der Waals surface area contributed by atoms with E-state index in [4.69, 9.17) is 9.72 Å². The smallest absolute Gasteiger partial charge is 0.407 e. The van der Waals surface area contributed by atoms with Gasteiger partial charge in [-0.2, -0.15) is 0 Å². The molecule has 260 valence electrons. The second-order valence-electron chi connectivity index (χ2n) is 13.7. The van der Waals surface area contributed by atoms with Gasteiger partial charge in [0.2, 0.25) is 11.8 Å². The summed E-state index contributed by atoms with van der Waals surface area (Å²) in [5.41, 5.74) is 1.94. The molecule has 3 aromatic rings. The molecular weight excluding hydrogens is 616 g/mol. The van der Waals surface area contributed by atoms with Crippen molar-refractivity contribution in [3.8, 4) is 0 Å². The SMILES string of the molecule is CN(C)C(=O)/C=C/CC[C@@H](CN(C)C(=O)O)C(=O)Nc1cccn(Cc2nc3c(CCC(C)(C)C)ncnc3n2C2CCCCO2)c1=O. The zero-order chi connectivity index (χ0) is 35.0. The highest BCUT2D eigenvalue weighted by Crippen LogP contribution is 2.30. The molecule has 2 N–H and O–H groups in total. The zero-order valence-electron chi connectivity index (χ0n) is 28.8. The number of nitrogens with zero attached hydrogens (tertiary/aromatic N) is 7. The van der Waals surface area contributed by atoms with Gasteiger partial charge >= 0.3 is 6.09 Å². The Bertz CT molecular complexity index is 1680. The quantitative estimate of drug-likeness (QED) is 0.254. The number of hydrogen-bond acceptors (Lipinski definition) is 8. The Balaban J connectivity index is 1.61. The van der Waals surface area contributed by atoms with Gasteiger partial charge in [0.15, 0.2) is 5.65 Å². The summed E-state index contributed by atoms with van der Waals surface area (Å²) >= 11 is 0. The molecule has 48 heavy (non-hydrogen) atoms.